The summed E-state index contributed by atoms with van der Waals surface area (Å²) in [7, 11) is 0. The maximum absolute atomic E-state index is 11.4. The van der Waals surface area contributed by atoms with Crippen molar-refractivity contribution < 1.29 is 14.3 Å². The molecule has 108 valence electrons. The molecular weight excluding hydrogens is 256 g/mol. The molecule has 1 fully saturated rings. The molecule has 0 aromatic heterocycles. The zero-order valence-corrected chi connectivity index (χ0v) is 11.4. The van der Waals surface area contributed by atoms with Gasteiger partial charge in [-0.05, 0) is 18.4 Å². The molecule has 1 aromatic rings. The molecule has 1 saturated heterocycles. The number of amides is 2. The van der Waals surface area contributed by atoms with E-state index in [-0.39, 0.29) is 18.0 Å². The average molecular weight is 276 g/mol. The summed E-state index contributed by atoms with van der Waals surface area (Å²) in [6, 6.07) is 9.68. The lowest BCUT2D eigenvalue weighted by Gasteiger charge is -2.06. The molecule has 0 saturated carbocycles. The third kappa shape index (κ3) is 5.30. The van der Waals surface area contributed by atoms with Gasteiger partial charge in [0.15, 0.2) is 0 Å². The summed E-state index contributed by atoms with van der Waals surface area (Å²) in [5.41, 5.74) is 0.976. The molecule has 1 atom stereocenters. The molecule has 0 unspecified atom stereocenters. The Bertz CT molecular complexity index is 448. The molecule has 5 nitrogen and oxygen atoms in total. The van der Waals surface area contributed by atoms with Crippen LogP contribution in [0.25, 0.3) is 0 Å². The molecular formula is C15H20N2O3. The molecule has 0 aliphatic carbocycles. The van der Waals surface area contributed by atoms with Crippen molar-refractivity contribution in [1.82, 2.24) is 10.6 Å². The molecule has 1 aromatic carbocycles. The largest absolute Gasteiger partial charge is 0.445 e. The number of ether oxygens (including phenoxy) is 1. The third-order valence-corrected chi connectivity index (χ3v) is 3.20. The SMILES string of the molecule is O=C(NCCCCC[C@@H]1NC1=O)OCc1ccccc1. The first-order valence-corrected chi connectivity index (χ1v) is 7.00. The van der Waals surface area contributed by atoms with Crippen LogP contribution in [0, 0.1) is 0 Å². The summed E-state index contributed by atoms with van der Waals surface area (Å²) in [4.78, 5) is 22.1. The molecule has 20 heavy (non-hydrogen) atoms. The lowest BCUT2D eigenvalue weighted by Crippen LogP contribution is -2.25. The number of hydrogen-bond donors (Lipinski definition) is 2. The van der Waals surface area contributed by atoms with Crippen molar-refractivity contribution in [2.75, 3.05) is 6.54 Å². The molecule has 0 spiro atoms. The van der Waals surface area contributed by atoms with Gasteiger partial charge in [-0.2, -0.15) is 0 Å². The molecule has 5 heteroatoms. The highest BCUT2D eigenvalue weighted by atomic mass is 16.5. The number of rotatable bonds is 8. The van der Waals surface area contributed by atoms with Crippen molar-refractivity contribution in [2.24, 2.45) is 0 Å². The second-order valence-corrected chi connectivity index (χ2v) is 4.90. The lowest BCUT2D eigenvalue weighted by atomic mass is 10.1. The quantitative estimate of drug-likeness (QED) is 0.563. The van der Waals surface area contributed by atoms with E-state index in [0.29, 0.717) is 13.2 Å². The van der Waals surface area contributed by atoms with Crippen LogP contribution in [0.2, 0.25) is 0 Å². The average Bonchev–Trinajstić information content (AvgIpc) is 3.17. The van der Waals surface area contributed by atoms with Crippen molar-refractivity contribution in [2.45, 2.75) is 38.3 Å². The summed E-state index contributed by atoms with van der Waals surface area (Å²) < 4.78 is 5.09. The van der Waals surface area contributed by atoms with Crippen molar-refractivity contribution >= 4 is 12.0 Å². The fourth-order valence-electron chi connectivity index (χ4n) is 1.95. The predicted octanol–water partition coefficient (Wildman–Crippen LogP) is 1.97. The zero-order chi connectivity index (χ0) is 14.2. The van der Waals surface area contributed by atoms with Crippen LogP contribution in [0.4, 0.5) is 4.79 Å². The van der Waals surface area contributed by atoms with E-state index in [1.54, 1.807) is 0 Å². The first-order valence-electron chi connectivity index (χ1n) is 7.00. The summed E-state index contributed by atoms with van der Waals surface area (Å²) in [5.74, 6) is 0.160. The van der Waals surface area contributed by atoms with E-state index >= 15 is 0 Å². The highest BCUT2D eigenvalue weighted by Crippen LogP contribution is 2.10. The second-order valence-electron chi connectivity index (χ2n) is 4.90. The lowest BCUT2D eigenvalue weighted by molar-refractivity contribution is -0.111. The Kier molecular flexibility index (Phi) is 5.41. The summed E-state index contributed by atoms with van der Waals surface area (Å²) >= 11 is 0. The van der Waals surface area contributed by atoms with Gasteiger partial charge in [-0.1, -0.05) is 43.2 Å². The Morgan fingerprint density at radius 3 is 2.65 bits per heavy atom. The minimum absolute atomic E-state index is 0.0961. The Balaban J connectivity index is 1.45. The van der Waals surface area contributed by atoms with E-state index in [9.17, 15) is 9.59 Å². The van der Waals surface area contributed by atoms with Gasteiger partial charge in [0.2, 0.25) is 5.91 Å². The highest BCUT2D eigenvalue weighted by molar-refractivity contribution is 5.96. The highest BCUT2D eigenvalue weighted by Gasteiger charge is 2.31. The Morgan fingerprint density at radius 2 is 1.95 bits per heavy atom. The molecule has 2 rings (SSSR count). The van der Waals surface area contributed by atoms with Gasteiger partial charge in [0.25, 0.3) is 0 Å². The van der Waals surface area contributed by atoms with Crippen molar-refractivity contribution in [3.05, 3.63) is 35.9 Å². The molecule has 1 aliphatic heterocycles. The van der Waals surface area contributed by atoms with Gasteiger partial charge in [0.05, 0.1) is 0 Å². The minimum atomic E-state index is -0.382. The first kappa shape index (κ1) is 14.4. The molecule has 2 N–H and O–H groups in total. The molecule has 0 radical (unpaired) electrons. The van der Waals surface area contributed by atoms with E-state index in [4.69, 9.17) is 4.74 Å². The van der Waals surface area contributed by atoms with E-state index in [0.717, 1.165) is 31.2 Å². The fourth-order valence-corrected chi connectivity index (χ4v) is 1.95. The van der Waals surface area contributed by atoms with Crippen LogP contribution in [0.15, 0.2) is 30.3 Å². The number of nitrogens with one attached hydrogen (secondary N) is 2. The van der Waals surface area contributed by atoms with Crippen LogP contribution in [0.3, 0.4) is 0 Å². The van der Waals surface area contributed by atoms with E-state index in [1.165, 1.54) is 0 Å². The van der Waals surface area contributed by atoms with E-state index in [1.807, 2.05) is 30.3 Å². The number of carbonyl (C=O) groups is 2. The van der Waals surface area contributed by atoms with Crippen LogP contribution < -0.4 is 10.6 Å². The maximum atomic E-state index is 11.4. The van der Waals surface area contributed by atoms with Gasteiger partial charge in [0, 0.05) is 6.54 Å². The number of benzene rings is 1. The van der Waals surface area contributed by atoms with Gasteiger partial charge < -0.3 is 15.4 Å². The second kappa shape index (κ2) is 7.53. The number of hydrogen-bond acceptors (Lipinski definition) is 3. The minimum Gasteiger partial charge on any atom is -0.445 e. The smallest absolute Gasteiger partial charge is 0.407 e. The number of unbranched alkanes of at least 4 members (excludes halogenated alkanes) is 2. The van der Waals surface area contributed by atoms with Gasteiger partial charge >= 0.3 is 6.09 Å². The topological polar surface area (TPSA) is 77.3 Å². The van der Waals surface area contributed by atoms with Crippen molar-refractivity contribution in [3.63, 3.8) is 0 Å². The normalized spacial score (nSPS) is 16.4. The molecule has 1 aliphatic rings. The standard InChI is InChI=1S/C15H20N2O3/c18-14-13(17-14)9-5-2-6-10-16-15(19)20-11-12-7-3-1-4-8-12/h1,3-4,7-8,13H,2,5-6,9-11H2,(H,16,19)(H,17,18)/t13-/m0/s1. The van der Waals surface area contributed by atoms with Crippen LogP contribution in [-0.4, -0.2) is 24.6 Å². The predicted molar refractivity (Wildman–Crippen MR) is 75.0 cm³/mol. The molecule has 1 heterocycles. The van der Waals surface area contributed by atoms with Crippen molar-refractivity contribution in [3.8, 4) is 0 Å². The summed E-state index contributed by atoms with van der Waals surface area (Å²) in [5, 5.41) is 5.47. The monoisotopic (exact) mass is 276 g/mol. The van der Waals surface area contributed by atoms with Gasteiger partial charge in [-0.25, -0.2) is 4.79 Å². The van der Waals surface area contributed by atoms with Gasteiger partial charge in [-0.15, -0.1) is 0 Å². The van der Waals surface area contributed by atoms with Crippen molar-refractivity contribution in [1.29, 1.82) is 0 Å². The summed E-state index contributed by atoms with van der Waals surface area (Å²) in [6.45, 7) is 0.905. The summed E-state index contributed by atoms with van der Waals surface area (Å²) in [6.07, 6.45) is 3.43. The molecule has 0 bridgehead atoms. The Morgan fingerprint density at radius 1 is 1.20 bits per heavy atom. The van der Waals surface area contributed by atoms with Crippen LogP contribution in [0.5, 0.6) is 0 Å². The van der Waals surface area contributed by atoms with E-state index < -0.39 is 0 Å². The third-order valence-electron chi connectivity index (χ3n) is 3.20. The number of alkyl carbamates (subject to hydrolysis) is 1. The number of carbonyl (C=O) groups excluding carboxylic acids is 2. The van der Waals surface area contributed by atoms with E-state index in [2.05, 4.69) is 10.6 Å². The Hall–Kier alpha value is -2.04. The van der Waals surface area contributed by atoms with Crippen LogP contribution in [-0.2, 0) is 16.1 Å². The zero-order valence-electron chi connectivity index (χ0n) is 11.4. The Labute approximate surface area is 118 Å². The van der Waals surface area contributed by atoms with Gasteiger partial charge in [-0.3, -0.25) is 4.79 Å². The first-order chi connectivity index (χ1) is 9.75. The fraction of sp³-hybridized carbons (Fsp3) is 0.467. The molecule has 2 amide bonds. The van der Waals surface area contributed by atoms with Crippen LogP contribution >= 0.6 is 0 Å². The van der Waals surface area contributed by atoms with Crippen LogP contribution in [0.1, 0.15) is 31.2 Å². The van der Waals surface area contributed by atoms with Gasteiger partial charge in [0.1, 0.15) is 12.6 Å². The maximum Gasteiger partial charge on any atom is 0.407 e.